The van der Waals surface area contributed by atoms with Crippen molar-refractivity contribution in [2.75, 3.05) is 0 Å². The minimum absolute atomic E-state index is 0.165. The van der Waals surface area contributed by atoms with Gasteiger partial charge in [0.05, 0.1) is 0 Å². The van der Waals surface area contributed by atoms with Gasteiger partial charge in [-0.05, 0) is 118 Å². The first-order chi connectivity index (χ1) is 13.5. The molecule has 0 aromatic heterocycles. The lowest BCUT2D eigenvalue weighted by Gasteiger charge is -2.44. The predicted octanol–water partition coefficient (Wildman–Crippen LogP) is 7.81. The molecular weight excluding hydrogens is 370 g/mol. The van der Waals surface area contributed by atoms with Crippen LogP contribution in [0.3, 0.4) is 0 Å². The zero-order valence-electron chi connectivity index (χ0n) is 17.9. The molecule has 3 heteroatoms. The van der Waals surface area contributed by atoms with E-state index in [1.165, 1.54) is 57.8 Å². The SMILES string of the molecule is CC1CCC(C2CCC(C3CCC(C4CCC(F)C(S)C4)C(F)C3)CC2)CC1. The Balaban J connectivity index is 1.23. The minimum atomic E-state index is -0.781. The topological polar surface area (TPSA) is 0 Å². The average Bonchev–Trinajstić information content (AvgIpc) is 2.71. The highest BCUT2D eigenvalue weighted by Gasteiger charge is 2.42. The van der Waals surface area contributed by atoms with Crippen LogP contribution < -0.4 is 0 Å². The number of hydrogen-bond acceptors (Lipinski definition) is 1. The first-order valence-electron chi connectivity index (χ1n) is 12.5. The summed E-state index contributed by atoms with van der Waals surface area (Å²) in [6, 6.07) is 0. The first kappa shape index (κ1) is 21.4. The average molecular weight is 413 g/mol. The van der Waals surface area contributed by atoms with Gasteiger partial charge in [0.15, 0.2) is 0 Å². The highest BCUT2D eigenvalue weighted by molar-refractivity contribution is 7.81. The lowest BCUT2D eigenvalue weighted by molar-refractivity contribution is 0.0277. The number of halogens is 2. The van der Waals surface area contributed by atoms with Crippen molar-refractivity contribution < 1.29 is 8.78 Å². The van der Waals surface area contributed by atoms with Crippen LogP contribution in [0.25, 0.3) is 0 Å². The lowest BCUT2D eigenvalue weighted by Crippen LogP contribution is -2.39. The molecule has 4 rings (SSSR count). The monoisotopic (exact) mass is 412 g/mol. The molecular formula is C25H42F2S. The summed E-state index contributed by atoms with van der Waals surface area (Å²) in [5.41, 5.74) is 0. The summed E-state index contributed by atoms with van der Waals surface area (Å²) in [5, 5.41) is -0.165. The van der Waals surface area contributed by atoms with Crippen molar-refractivity contribution in [2.45, 2.75) is 114 Å². The van der Waals surface area contributed by atoms with Crippen molar-refractivity contribution in [3.05, 3.63) is 0 Å². The third-order valence-corrected chi connectivity index (χ3v) is 9.99. The van der Waals surface area contributed by atoms with Crippen molar-refractivity contribution in [3.63, 3.8) is 0 Å². The molecule has 0 N–H and O–H groups in total. The first-order valence-corrected chi connectivity index (χ1v) is 13.0. The van der Waals surface area contributed by atoms with Crippen LogP contribution in [0.15, 0.2) is 0 Å². The van der Waals surface area contributed by atoms with E-state index < -0.39 is 12.3 Å². The van der Waals surface area contributed by atoms with E-state index in [1.54, 1.807) is 0 Å². The van der Waals surface area contributed by atoms with E-state index in [2.05, 4.69) is 19.6 Å². The van der Waals surface area contributed by atoms with Gasteiger partial charge in [0.2, 0.25) is 0 Å². The molecule has 0 nitrogen and oxygen atoms in total. The second kappa shape index (κ2) is 9.56. The molecule has 0 spiro atoms. The van der Waals surface area contributed by atoms with Gasteiger partial charge < -0.3 is 0 Å². The Labute approximate surface area is 177 Å². The molecule has 4 saturated carbocycles. The molecule has 6 atom stereocenters. The zero-order chi connectivity index (χ0) is 19.7. The van der Waals surface area contributed by atoms with Gasteiger partial charge in [0.25, 0.3) is 0 Å². The van der Waals surface area contributed by atoms with Crippen molar-refractivity contribution in [1.29, 1.82) is 0 Å². The highest BCUT2D eigenvalue weighted by Crippen LogP contribution is 2.49. The van der Waals surface area contributed by atoms with Crippen LogP contribution in [0, 0.1) is 41.4 Å². The molecule has 28 heavy (non-hydrogen) atoms. The quantitative estimate of drug-likeness (QED) is 0.449. The van der Waals surface area contributed by atoms with Crippen LogP contribution in [0.5, 0.6) is 0 Å². The van der Waals surface area contributed by atoms with Crippen molar-refractivity contribution in [1.82, 2.24) is 0 Å². The van der Waals surface area contributed by atoms with E-state index in [1.807, 2.05) is 0 Å². The number of alkyl halides is 2. The maximum atomic E-state index is 15.1. The molecule has 0 aliphatic heterocycles. The summed E-state index contributed by atoms with van der Waals surface area (Å²) in [6.45, 7) is 2.41. The highest BCUT2D eigenvalue weighted by atomic mass is 32.1. The summed E-state index contributed by atoms with van der Waals surface area (Å²) in [4.78, 5) is 0. The summed E-state index contributed by atoms with van der Waals surface area (Å²) in [7, 11) is 0. The molecule has 0 aromatic carbocycles. The van der Waals surface area contributed by atoms with E-state index in [0.29, 0.717) is 18.3 Å². The molecule has 0 amide bonds. The van der Waals surface area contributed by atoms with Crippen LogP contribution in [-0.4, -0.2) is 17.6 Å². The maximum Gasteiger partial charge on any atom is 0.112 e. The van der Waals surface area contributed by atoms with E-state index in [-0.39, 0.29) is 11.2 Å². The Morgan fingerprint density at radius 1 is 0.536 bits per heavy atom. The van der Waals surface area contributed by atoms with Gasteiger partial charge in [-0.1, -0.05) is 19.8 Å². The zero-order valence-corrected chi connectivity index (χ0v) is 18.8. The van der Waals surface area contributed by atoms with Gasteiger partial charge in [0.1, 0.15) is 12.3 Å². The van der Waals surface area contributed by atoms with Crippen molar-refractivity contribution in [2.24, 2.45) is 41.4 Å². The lowest BCUT2D eigenvalue weighted by atomic mass is 9.63. The largest absolute Gasteiger partial charge is 0.247 e. The minimum Gasteiger partial charge on any atom is -0.247 e. The fraction of sp³-hybridized carbons (Fsp3) is 1.00. The fourth-order valence-corrected chi connectivity index (χ4v) is 7.92. The Morgan fingerprint density at radius 3 is 1.61 bits per heavy atom. The van der Waals surface area contributed by atoms with Gasteiger partial charge in [0, 0.05) is 5.25 Å². The molecule has 4 fully saturated rings. The molecule has 0 bridgehead atoms. The number of hydrogen-bond donors (Lipinski definition) is 1. The van der Waals surface area contributed by atoms with Crippen LogP contribution in [0.4, 0.5) is 8.78 Å². The molecule has 6 unspecified atom stereocenters. The normalized spacial score (nSPS) is 51.0. The smallest absolute Gasteiger partial charge is 0.112 e. The van der Waals surface area contributed by atoms with Crippen LogP contribution in [0.1, 0.15) is 96.8 Å². The third-order valence-electron chi connectivity index (χ3n) is 9.45. The Bertz CT molecular complexity index is 481. The maximum absolute atomic E-state index is 15.1. The molecule has 0 radical (unpaired) electrons. The van der Waals surface area contributed by atoms with Gasteiger partial charge >= 0.3 is 0 Å². The van der Waals surface area contributed by atoms with Gasteiger partial charge in [-0.2, -0.15) is 12.6 Å². The van der Waals surface area contributed by atoms with Gasteiger partial charge in [-0.15, -0.1) is 0 Å². The van der Waals surface area contributed by atoms with Crippen LogP contribution in [0.2, 0.25) is 0 Å². The fourth-order valence-electron chi connectivity index (χ4n) is 7.50. The van der Waals surface area contributed by atoms with E-state index in [0.717, 1.165) is 49.4 Å². The van der Waals surface area contributed by atoms with E-state index in [9.17, 15) is 4.39 Å². The summed E-state index contributed by atoms with van der Waals surface area (Å²) in [5.74, 6) is 4.84. The van der Waals surface area contributed by atoms with Crippen molar-refractivity contribution in [3.8, 4) is 0 Å². The predicted molar refractivity (Wildman–Crippen MR) is 117 cm³/mol. The Kier molecular flexibility index (Phi) is 7.32. The summed E-state index contributed by atoms with van der Waals surface area (Å²) >= 11 is 4.42. The standard InChI is InChI=1S/C25H42F2S/c1-16-2-4-17(5-3-16)18-6-8-19(9-7-18)20-10-12-22(24(27)14-20)21-11-13-23(26)25(28)15-21/h16-25,28H,2-15H2,1H3. The third kappa shape index (κ3) is 4.92. The molecule has 4 aliphatic rings. The molecule has 0 aromatic rings. The van der Waals surface area contributed by atoms with Crippen molar-refractivity contribution >= 4 is 12.6 Å². The summed E-state index contributed by atoms with van der Waals surface area (Å²) < 4.78 is 28.9. The second-order valence-corrected chi connectivity index (χ2v) is 11.8. The van der Waals surface area contributed by atoms with Gasteiger partial charge in [-0.3, -0.25) is 0 Å². The van der Waals surface area contributed by atoms with E-state index in [4.69, 9.17) is 0 Å². The number of rotatable bonds is 3. The van der Waals surface area contributed by atoms with E-state index >= 15 is 4.39 Å². The van der Waals surface area contributed by atoms with Gasteiger partial charge in [-0.25, -0.2) is 8.78 Å². The van der Waals surface area contributed by atoms with Crippen LogP contribution >= 0.6 is 12.6 Å². The Hall–Kier alpha value is 0.210. The van der Waals surface area contributed by atoms with Crippen LogP contribution in [-0.2, 0) is 0 Å². The molecule has 162 valence electrons. The second-order valence-electron chi connectivity index (χ2n) is 11.1. The summed E-state index contributed by atoms with van der Waals surface area (Å²) in [6.07, 6.45) is 15.2. The number of thiol groups is 1. The molecule has 0 saturated heterocycles. The molecule has 0 heterocycles. The Morgan fingerprint density at radius 2 is 1.04 bits per heavy atom. The molecule has 4 aliphatic carbocycles.